The molecule has 0 spiro atoms. The molecule has 0 bridgehead atoms. The van der Waals surface area contributed by atoms with Crippen LogP contribution in [-0.2, 0) is 19.1 Å². The second-order valence-electron chi connectivity index (χ2n) is 3.86. The summed E-state index contributed by atoms with van der Waals surface area (Å²) in [5.74, 6) is -0.551. The van der Waals surface area contributed by atoms with E-state index in [4.69, 9.17) is 9.47 Å². The van der Waals surface area contributed by atoms with Gasteiger partial charge < -0.3 is 9.47 Å². The summed E-state index contributed by atoms with van der Waals surface area (Å²) >= 11 is 0. The van der Waals surface area contributed by atoms with Crippen molar-refractivity contribution in [3.8, 4) is 0 Å². The summed E-state index contributed by atoms with van der Waals surface area (Å²) < 4.78 is 9.69. The summed E-state index contributed by atoms with van der Waals surface area (Å²) in [5, 5.41) is 0. The Hall–Kier alpha value is -0.900. The zero-order valence-corrected chi connectivity index (χ0v) is 9.96. The van der Waals surface area contributed by atoms with Crippen LogP contribution in [0.25, 0.3) is 0 Å². The second-order valence-corrected chi connectivity index (χ2v) is 3.86. The van der Waals surface area contributed by atoms with Crippen LogP contribution >= 0.6 is 0 Å². The zero-order valence-electron chi connectivity index (χ0n) is 9.96. The SMILES string of the molecule is CCOC(=O)C(C)(C)C(=O)CCCOC. The van der Waals surface area contributed by atoms with Crippen molar-refractivity contribution in [1.29, 1.82) is 0 Å². The van der Waals surface area contributed by atoms with Gasteiger partial charge in [0, 0.05) is 20.1 Å². The third kappa shape index (κ3) is 4.42. The van der Waals surface area contributed by atoms with Gasteiger partial charge in [0.25, 0.3) is 0 Å². The molecule has 0 aliphatic carbocycles. The molecule has 0 fully saturated rings. The van der Waals surface area contributed by atoms with Crippen molar-refractivity contribution >= 4 is 11.8 Å². The fraction of sp³-hybridized carbons (Fsp3) is 0.818. The summed E-state index contributed by atoms with van der Waals surface area (Å²) in [7, 11) is 1.58. The molecule has 0 heterocycles. The van der Waals surface area contributed by atoms with Gasteiger partial charge in [-0.3, -0.25) is 9.59 Å². The summed E-state index contributed by atoms with van der Waals surface area (Å²) in [4.78, 5) is 23.2. The fourth-order valence-electron chi connectivity index (χ4n) is 1.11. The topological polar surface area (TPSA) is 52.6 Å². The van der Waals surface area contributed by atoms with E-state index >= 15 is 0 Å². The number of ether oxygens (including phenoxy) is 2. The van der Waals surface area contributed by atoms with Gasteiger partial charge >= 0.3 is 5.97 Å². The molecular weight excluding hydrogens is 196 g/mol. The maximum Gasteiger partial charge on any atom is 0.319 e. The van der Waals surface area contributed by atoms with Crippen molar-refractivity contribution in [2.24, 2.45) is 5.41 Å². The maximum absolute atomic E-state index is 11.7. The molecule has 88 valence electrons. The van der Waals surface area contributed by atoms with Crippen molar-refractivity contribution in [3.63, 3.8) is 0 Å². The monoisotopic (exact) mass is 216 g/mol. The third-order valence-electron chi connectivity index (χ3n) is 2.24. The Kier molecular flexibility index (Phi) is 6.17. The molecule has 4 heteroatoms. The van der Waals surface area contributed by atoms with Crippen LogP contribution in [0.5, 0.6) is 0 Å². The van der Waals surface area contributed by atoms with Crippen LogP contribution in [0.2, 0.25) is 0 Å². The lowest BCUT2D eigenvalue weighted by Gasteiger charge is -2.20. The molecule has 0 radical (unpaired) electrons. The summed E-state index contributed by atoms with van der Waals surface area (Å²) in [6.45, 7) is 5.75. The Labute approximate surface area is 90.9 Å². The first kappa shape index (κ1) is 14.1. The van der Waals surface area contributed by atoms with Crippen molar-refractivity contribution in [2.75, 3.05) is 20.3 Å². The number of Topliss-reactive ketones (excluding diaryl/α,β-unsaturated/α-hetero) is 1. The molecule has 0 unspecified atom stereocenters. The van der Waals surface area contributed by atoms with E-state index in [1.165, 1.54) is 0 Å². The fourth-order valence-corrected chi connectivity index (χ4v) is 1.11. The minimum Gasteiger partial charge on any atom is -0.465 e. The average molecular weight is 216 g/mol. The maximum atomic E-state index is 11.7. The molecule has 0 aromatic carbocycles. The van der Waals surface area contributed by atoms with Crippen LogP contribution in [-0.4, -0.2) is 32.1 Å². The van der Waals surface area contributed by atoms with Crippen molar-refractivity contribution in [2.45, 2.75) is 33.6 Å². The molecule has 0 aromatic rings. The van der Waals surface area contributed by atoms with E-state index in [9.17, 15) is 9.59 Å². The van der Waals surface area contributed by atoms with Crippen LogP contribution < -0.4 is 0 Å². The van der Waals surface area contributed by atoms with Gasteiger partial charge in [-0.05, 0) is 27.2 Å². The van der Waals surface area contributed by atoms with E-state index < -0.39 is 11.4 Å². The normalized spacial score (nSPS) is 11.2. The molecule has 0 aromatic heterocycles. The van der Waals surface area contributed by atoms with Crippen LogP contribution in [0.15, 0.2) is 0 Å². The smallest absolute Gasteiger partial charge is 0.319 e. The first-order chi connectivity index (χ1) is 6.96. The van der Waals surface area contributed by atoms with Gasteiger partial charge in [0.05, 0.1) is 6.61 Å². The number of ketones is 1. The van der Waals surface area contributed by atoms with Crippen LogP contribution in [0.4, 0.5) is 0 Å². The summed E-state index contributed by atoms with van der Waals surface area (Å²) in [5.41, 5.74) is -1.04. The first-order valence-electron chi connectivity index (χ1n) is 5.16. The van der Waals surface area contributed by atoms with Gasteiger partial charge in [-0.25, -0.2) is 0 Å². The largest absolute Gasteiger partial charge is 0.465 e. The van der Waals surface area contributed by atoms with Crippen molar-refractivity contribution < 1.29 is 19.1 Å². The first-order valence-corrected chi connectivity index (χ1v) is 5.16. The molecule has 4 nitrogen and oxygen atoms in total. The van der Waals surface area contributed by atoms with Gasteiger partial charge in [-0.15, -0.1) is 0 Å². The molecule has 15 heavy (non-hydrogen) atoms. The lowest BCUT2D eigenvalue weighted by molar-refractivity contribution is -0.157. The van der Waals surface area contributed by atoms with Gasteiger partial charge in [0.1, 0.15) is 11.2 Å². The lowest BCUT2D eigenvalue weighted by atomic mass is 9.86. The molecule has 0 aliphatic rings. The third-order valence-corrected chi connectivity index (χ3v) is 2.24. The number of methoxy groups -OCH3 is 1. The van der Waals surface area contributed by atoms with E-state index in [0.29, 0.717) is 26.1 Å². The molecule has 0 aliphatic heterocycles. The van der Waals surface area contributed by atoms with Crippen LogP contribution in [0, 0.1) is 5.41 Å². The van der Waals surface area contributed by atoms with Gasteiger partial charge in [0.15, 0.2) is 0 Å². The Morgan fingerprint density at radius 2 is 1.87 bits per heavy atom. The molecule has 0 rings (SSSR count). The lowest BCUT2D eigenvalue weighted by Crippen LogP contribution is -2.35. The summed E-state index contributed by atoms with van der Waals surface area (Å²) in [6, 6.07) is 0. The highest BCUT2D eigenvalue weighted by atomic mass is 16.5. The Morgan fingerprint density at radius 1 is 1.27 bits per heavy atom. The Balaban J connectivity index is 4.19. The number of hydrogen-bond acceptors (Lipinski definition) is 4. The van der Waals surface area contributed by atoms with Crippen LogP contribution in [0.3, 0.4) is 0 Å². The number of carbonyl (C=O) groups excluding carboxylic acids is 2. The highest BCUT2D eigenvalue weighted by Crippen LogP contribution is 2.21. The Bertz CT molecular complexity index is 221. The molecule has 0 atom stereocenters. The zero-order chi connectivity index (χ0) is 11.9. The highest BCUT2D eigenvalue weighted by Gasteiger charge is 2.36. The minimum absolute atomic E-state index is 0.0991. The molecule has 0 N–H and O–H groups in total. The highest BCUT2D eigenvalue weighted by molar-refractivity contribution is 6.02. The second kappa shape index (κ2) is 6.56. The van der Waals surface area contributed by atoms with Gasteiger partial charge in [0.2, 0.25) is 0 Å². The molecule has 0 saturated heterocycles. The van der Waals surface area contributed by atoms with E-state index in [0.717, 1.165) is 0 Å². The van der Waals surface area contributed by atoms with E-state index in [2.05, 4.69) is 0 Å². The molecule has 0 amide bonds. The standard InChI is InChI=1S/C11H20O4/c1-5-15-10(13)11(2,3)9(12)7-6-8-14-4/h5-8H2,1-4H3. The van der Waals surface area contributed by atoms with Gasteiger partial charge in [-0.1, -0.05) is 0 Å². The van der Waals surface area contributed by atoms with Crippen LogP contribution in [0.1, 0.15) is 33.6 Å². The van der Waals surface area contributed by atoms with Crippen molar-refractivity contribution in [3.05, 3.63) is 0 Å². The Morgan fingerprint density at radius 3 is 2.33 bits per heavy atom. The molecular formula is C11H20O4. The predicted octanol–water partition coefficient (Wildman–Crippen LogP) is 1.57. The number of carbonyl (C=O) groups is 2. The number of rotatable bonds is 7. The average Bonchev–Trinajstić information content (AvgIpc) is 2.18. The quantitative estimate of drug-likeness (QED) is 0.368. The van der Waals surface area contributed by atoms with E-state index in [-0.39, 0.29) is 5.78 Å². The van der Waals surface area contributed by atoms with E-state index in [1.54, 1.807) is 27.9 Å². The number of hydrogen-bond donors (Lipinski definition) is 0. The number of esters is 1. The van der Waals surface area contributed by atoms with Crippen molar-refractivity contribution in [1.82, 2.24) is 0 Å². The minimum atomic E-state index is -1.04. The predicted molar refractivity (Wildman–Crippen MR) is 56.5 cm³/mol. The molecule has 0 saturated carbocycles. The summed E-state index contributed by atoms with van der Waals surface area (Å²) in [6.07, 6.45) is 0.984. The van der Waals surface area contributed by atoms with Gasteiger partial charge in [-0.2, -0.15) is 0 Å². The van der Waals surface area contributed by atoms with E-state index in [1.807, 2.05) is 0 Å².